The molecule has 0 aliphatic carbocycles. The molecule has 26 heavy (non-hydrogen) atoms. The van der Waals surface area contributed by atoms with Crippen LogP contribution in [-0.2, 0) is 9.47 Å². The van der Waals surface area contributed by atoms with Gasteiger partial charge in [-0.15, -0.1) is 0 Å². The maximum atomic E-state index is 10.4. The molecule has 2 aromatic rings. The van der Waals surface area contributed by atoms with Gasteiger partial charge in [0, 0.05) is 23.5 Å². The quantitative estimate of drug-likeness (QED) is 0.710. The first-order valence-electron chi connectivity index (χ1n) is 8.49. The molecule has 2 fully saturated rings. The van der Waals surface area contributed by atoms with Crippen LogP contribution in [0.4, 0.5) is 0 Å². The predicted molar refractivity (Wildman–Crippen MR) is 88.4 cm³/mol. The number of hydrogen-bond donors (Lipinski definition) is 3. The number of aromatic hydroxyl groups is 3. The largest absolute Gasteiger partial charge is 0.507 e. The molecule has 1 unspecified atom stereocenters. The third kappa shape index (κ3) is 2.28. The third-order valence-corrected chi connectivity index (χ3v) is 5.42. The number of ether oxygens (including phenoxy) is 4. The summed E-state index contributed by atoms with van der Waals surface area (Å²) >= 11 is 0. The molecule has 0 saturated carbocycles. The molecule has 7 nitrogen and oxygen atoms in total. The molecule has 7 heteroatoms. The zero-order chi connectivity index (χ0) is 17.8. The maximum Gasteiger partial charge on any atom is 0.231 e. The molecular weight excluding hydrogens is 340 g/mol. The zero-order valence-electron chi connectivity index (χ0n) is 13.8. The van der Waals surface area contributed by atoms with E-state index in [9.17, 15) is 15.3 Å². The lowest BCUT2D eigenvalue weighted by Crippen LogP contribution is -2.14. The second-order valence-electron chi connectivity index (χ2n) is 6.85. The highest BCUT2D eigenvalue weighted by Crippen LogP contribution is 2.53. The van der Waals surface area contributed by atoms with Gasteiger partial charge in [0.25, 0.3) is 0 Å². The van der Waals surface area contributed by atoms with Gasteiger partial charge in [-0.05, 0) is 23.8 Å². The van der Waals surface area contributed by atoms with Crippen LogP contribution in [0.25, 0.3) is 0 Å². The van der Waals surface area contributed by atoms with Gasteiger partial charge in [-0.25, -0.2) is 0 Å². The summed E-state index contributed by atoms with van der Waals surface area (Å²) in [6, 6.07) is 8.05. The van der Waals surface area contributed by atoms with E-state index < -0.39 is 0 Å². The average Bonchev–Trinajstić information content (AvgIpc) is 3.32. The van der Waals surface area contributed by atoms with E-state index in [1.54, 1.807) is 18.2 Å². The van der Waals surface area contributed by atoms with E-state index in [0.29, 0.717) is 30.3 Å². The van der Waals surface area contributed by atoms with Crippen molar-refractivity contribution >= 4 is 0 Å². The van der Waals surface area contributed by atoms with Gasteiger partial charge in [0.1, 0.15) is 5.75 Å². The van der Waals surface area contributed by atoms with Gasteiger partial charge in [0.2, 0.25) is 6.79 Å². The lowest BCUT2D eigenvalue weighted by molar-refractivity contribution is 0.0184. The van der Waals surface area contributed by atoms with Gasteiger partial charge in [-0.3, -0.25) is 0 Å². The Kier molecular flexibility index (Phi) is 3.41. The highest BCUT2D eigenvalue weighted by molar-refractivity contribution is 5.52. The summed E-state index contributed by atoms with van der Waals surface area (Å²) in [5, 5.41) is 29.7. The second kappa shape index (κ2) is 5.69. The first-order chi connectivity index (χ1) is 12.6. The minimum absolute atomic E-state index is 0.0715. The smallest absolute Gasteiger partial charge is 0.231 e. The SMILES string of the molecule is Oc1ccc(C2OC[C@H]3[C@@H]2CO[C@H]3c2cc3c(cc2O)OCO3)cc1O. The van der Waals surface area contributed by atoms with Crippen molar-refractivity contribution in [1.82, 2.24) is 0 Å². The lowest BCUT2D eigenvalue weighted by atomic mass is 9.84. The monoisotopic (exact) mass is 358 g/mol. The fraction of sp³-hybridized carbons (Fsp3) is 0.368. The minimum atomic E-state index is -0.301. The standard InChI is InChI=1S/C19H18O7/c20-13-2-1-9(3-15(13)22)18-11-6-24-19(12(11)7-23-18)10-4-16-17(5-14(10)21)26-8-25-16/h1-5,11-12,18-22H,6-8H2/t11-,12-,18?,19-/m0/s1. The van der Waals surface area contributed by atoms with E-state index >= 15 is 0 Å². The number of fused-ring (bicyclic) bond motifs is 2. The van der Waals surface area contributed by atoms with Crippen molar-refractivity contribution in [2.45, 2.75) is 12.2 Å². The fourth-order valence-corrected chi connectivity index (χ4v) is 4.10. The van der Waals surface area contributed by atoms with Crippen molar-refractivity contribution < 1.29 is 34.3 Å². The molecule has 0 radical (unpaired) electrons. The summed E-state index contributed by atoms with van der Waals surface area (Å²) in [6.07, 6.45) is -0.530. The van der Waals surface area contributed by atoms with Crippen molar-refractivity contribution in [1.29, 1.82) is 0 Å². The van der Waals surface area contributed by atoms with Crippen molar-refractivity contribution in [2.75, 3.05) is 20.0 Å². The fourth-order valence-electron chi connectivity index (χ4n) is 4.10. The van der Waals surface area contributed by atoms with Crippen LogP contribution in [0.1, 0.15) is 23.3 Å². The number of phenols is 3. The summed E-state index contributed by atoms with van der Waals surface area (Å²) < 4.78 is 22.7. The molecule has 3 N–H and O–H groups in total. The first-order valence-corrected chi connectivity index (χ1v) is 8.49. The van der Waals surface area contributed by atoms with Crippen molar-refractivity contribution in [3.8, 4) is 28.7 Å². The molecule has 136 valence electrons. The molecule has 3 aliphatic heterocycles. The van der Waals surface area contributed by atoms with Crippen molar-refractivity contribution in [3.63, 3.8) is 0 Å². The van der Waals surface area contributed by atoms with Gasteiger partial charge in [-0.2, -0.15) is 0 Å². The Hall–Kier alpha value is -2.64. The lowest BCUT2D eigenvalue weighted by Gasteiger charge is -2.18. The molecule has 2 aromatic carbocycles. The first kappa shape index (κ1) is 15.6. The Morgan fingerprint density at radius 1 is 0.731 bits per heavy atom. The Bertz CT molecular complexity index is 865. The van der Waals surface area contributed by atoms with Crippen LogP contribution in [-0.4, -0.2) is 35.3 Å². The highest BCUT2D eigenvalue weighted by Gasteiger charge is 2.49. The summed E-state index contributed by atoms with van der Waals surface area (Å²) in [4.78, 5) is 0. The van der Waals surface area contributed by atoms with Gasteiger partial charge in [-0.1, -0.05) is 6.07 Å². The van der Waals surface area contributed by atoms with Crippen molar-refractivity contribution in [3.05, 3.63) is 41.5 Å². The average molecular weight is 358 g/mol. The molecule has 3 aliphatic rings. The van der Waals surface area contributed by atoms with Gasteiger partial charge >= 0.3 is 0 Å². The Morgan fingerprint density at radius 2 is 1.42 bits per heavy atom. The molecule has 0 bridgehead atoms. The Balaban J connectivity index is 1.43. The Labute approximate surface area is 149 Å². The van der Waals surface area contributed by atoms with Gasteiger partial charge < -0.3 is 34.3 Å². The molecular formula is C19H18O7. The van der Waals surface area contributed by atoms with Crippen LogP contribution >= 0.6 is 0 Å². The Morgan fingerprint density at radius 3 is 2.19 bits per heavy atom. The van der Waals surface area contributed by atoms with E-state index in [1.807, 2.05) is 0 Å². The minimum Gasteiger partial charge on any atom is -0.507 e. The molecule has 2 saturated heterocycles. The van der Waals surface area contributed by atoms with E-state index in [-0.39, 0.29) is 48.1 Å². The second-order valence-corrected chi connectivity index (χ2v) is 6.85. The van der Waals surface area contributed by atoms with Crippen molar-refractivity contribution in [2.24, 2.45) is 11.8 Å². The van der Waals surface area contributed by atoms with Crippen LogP contribution in [0.5, 0.6) is 28.7 Å². The van der Waals surface area contributed by atoms with Crippen LogP contribution in [0.15, 0.2) is 30.3 Å². The topological polar surface area (TPSA) is 97.6 Å². The van der Waals surface area contributed by atoms with Gasteiger partial charge in [0.05, 0.1) is 25.4 Å². The molecule has 0 spiro atoms. The number of benzene rings is 2. The van der Waals surface area contributed by atoms with E-state index in [2.05, 4.69) is 0 Å². The van der Waals surface area contributed by atoms with Gasteiger partial charge in [0.15, 0.2) is 23.0 Å². The van der Waals surface area contributed by atoms with E-state index in [0.717, 1.165) is 5.56 Å². The van der Waals surface area contributed by atoms with Crippen LogP contribution in [0.2, 0.25) is 0 Å². The summed E-state index contributed by atoms with van der Waals surface area (Å²) in [5.74, 6) is 1.08. The highest BCUT2D eigenvalue weighted by atomic mass is 16.7. The molecule has 4 atom stereocenters. The maximum absolute atomic E-state index is 10.4. The predicted octanol–water partition coefficient (Wildman–Crippen LogP) is 2.61. The molecule has 0 amide bonds. The number of rotatable bonds is 2. The number of phenolic OH excluding ortho intramolecular Hbond substituents is 3. The normalized spacial score (nSPS) is 29.1. The van der Waals surface area contributed by atoms with Crippen LogP contribution < -0.4 is 9.47 Å². The van der Waals surface area contributed by atoms with E-state index in [4.69, 9.17) is 18.9 Å². The van der Waals surface area contributed by atoms with Crippen LogP contribution in [0, 0.1) is 11.8 Å². The summed E-state index contributed by atoms with van der Waals surface area (Å²) in [7, 11) is 0. The van der Waals surface area contributed by atoms with E-state index in [1.165, 1.54) is 12.1 Å². The molecule has 0 aromatic heterocycles. The molecule has 3 heterocycles. The zero-order valence-corrected chi connectivity index (χ0v) is 13.8. The molecule has 5 rings (SSSR count). The number of hydrogen-bond acceptors (Lipinski definition) is 7. The summed E-state index contributed by atoms with van der Waals surface area (Å²) in [5.41, 5.74) is 1.46. The summed E-state index contributed by atoms with van der Waals surface area (Å²) in [6.45, 7) is 1.11. The third-order valence-electron chi connectivity index (χ3n) is 5.42. The van der Waals surface area contributed by atoms with Crippen LogP contribution in [0.3, 0.4) is 0 Å².